The minimum atomic E-state index is -3.90. The number of benzene rings is 1. The Morgan fingerprint density at radius 1 is 1.24 bits per heavy atom. The van der Waals surface area contributed by atoms with Crippen LogP contribution in [0.3, 0.4) is 0 Å². The van der Waals surface area contributed by atoms with E-state index < -0.39 is 20.7 Å². The van der Waals surface area contributed by atoms with E-state index in [1.807, 2.05) is 13.8 Å². The van der Waals surface area contributed by atoms with Crippen LogP contribution in [0.5, 0.6) is 5.75 Å². The normalized spacial score (nSPS) is 15.0. The highest BCUT2D eigenvalue weighted by Gasteiger charge is 2.30. The van der Waals surface area contributed by atoms with Gasteiger partial charge < -0.3 is 24.3 Å². The highest BCUT2D eigenvalue weighted by Crippen LogP contribution is 2.34. The van der Waals surface area contributed by atoms with Crippen LogP contribution in [-0.4, -0.2) is 70.1 Å². The fraction of sp³-hybridized carbons (Fsp3) is 0.519. The van der Waals surface area contributed by atoms with Crippen molar-refractivity contribution in [3.63, 3.8) is 0 Å². The maximum Gasteiger partial charge on any atom is 0.294 e. The smallest absolute Gasteiger partial charge is 0.294 e. The number of aryl methyl sites for hydroxylation is 2. The van der Waals surface area contributed by atoms with Crippen LogP contribution in [0.25, 0.3) is 22.4 Å². The molecule has 42 heavy (non-hydrogen) atoms. The summed E-state index contributed by atoms with van der Waals surface area (Å²) in [7, 11) is -2.21. The van der Waals surface area contributed by atoms with Crippen LogP contribution in [0.1, 0.15) is 57.2 Å². The van der Waals surface area contributed by atoms with E-state index in [-0.39, 0.29) is 36.3 Å². The number of nitrogens with one attached hydrogen (secondary N) is 1. The van der Waals surface area contributed by atoms with Crippen LogP contribution < -0.4 is 10.3 Å². The summed E-state index contributed by atoms with van der Waals surface area (Å²) in [6, 6.07) is 4.53. The second-order valence-corrected chi connectivity index (χ2v) is 12.2. The predicted molar refractivity (Wildman–Crippen MR) is 155 cm³/mol. The molecule has 0 amide bonds. The number of nitrogens with zero attached hydrogens (tertiary/aromatic N) is 5. The quantitative estimate of drug-likeness (QED) is 0.128. The van der Waals surface area contributed by atoms with Crippen molar-refractivity contribution in [1.29, 1.82) is 0 Å². The van der Waals surface area contributed by atoms with Crippen LogP contribution in [0.2, 0.25) is 0 Å². The van der Waals surface area contributed by atoms with Crippen molar-refractivity contribution in [2.45, 2.75) is 57.3 Å². The lowest BCUT2D eigenvalue weighted by Crippen LogP contribution is -2.38. The first-order chi connectivity index (χ1) is 20.1. The molecule has 0 aliphatic carbocycles. The summed E-state index contributed by atoms with van der Waals surface area (Å²) in [5.74, 6) is 0.672. The standard InChI is InChI=1S/C27H36N6O8S/c1-4-6-20-22(17-28-35)31(3)25-24(20)29-26(30-27(25)34)21-16-19(7-8-23(21)40-14-5-2)42(38,39)32-12-9-18(10-13-32)11-15-41-33(36)37/h7-8,16-18,35H,4-6,9-15H2,1-3H3,(H,29,30,34)/b28-17-. The van der Waals surface area contributed by atoms with E-state index in [0.29, 0.717) is 66.8 Å². The minimum absolute atomic E-state index is 0.0157. The van der Waals surface area contributed by atoms with Crippen LogP contribution in [-0.2, 0) is 28.3 Å². The van der Waals surface area contributed by atoms with Gasteiger partial charge in [0.25, 0.3) is 10.6 Å². The molecule has 2 aromatic heterocycles. The third kappa shape index (κ3) is 6.41. The lowest BCUT2D eigenvalue weighted by Gasteiger charge is -2.31. The highest BCUT2D eigenvalue weighted by molar-refractivity contribution is 7.89. The molecular weight excluding hydrogens is 568 g/mol. The Balaban J connectivity index is 1.73. The number of ether oxygens (including phenoxy) is 1. The highest BCUT2D eigenvalue weighted by atomic mass is 32.2. The van der Waals surface area contributed by atoms with Crippen LogP contribution in [0, 0.1) is 16.0 Å². The zero-order valence-electron chi connectivity index (χ0n) is 23.9. The van der Waals surface area contributed by atoms with Gasteiger partial charge in [-0.2, -0.15) is 4.31 Å². The van der Waals surface area contributed by atoms with Crippen molar-refractivity contribution in [3.05, 3.63) is 49.9 Å². The van der Waals surface area contributed by atoms with Gasteiger partial charge in [-0.05, 0) is 56.2 Å². The average molecular weight is 605 g/mol. The van der Waals surface area contributed by atoms with Gasteiger partial charge in [0.1, 0.15) is 22.6 Å². The van der Waals surface area contributed by atoms with Gasteiger partial charge in [-0.15, -0.1) is 10.1 Å². The van der Waals surface area contributed by atoms with Crippen molar-refractivity contribution < 1.29 is 28.3 Å². The molecule has 2 N–H and O–H groups in total. The van der Waals surface area contributed by atoms with Crippen molar-refractivity contribution in [1.82, 2.24) is 18.8 Å². The lowest BCUT2D eigenvalue weighted by atomic mass is 9.95. The summed E-state index contributed by atoms with van der Waals surface area (Å²) in [5.41, 5.74) is 1.95. The molecule has 0 bridgehead atoms. The van der Waals surface area contributed by atoms with Gasteiger partial charge >= 0.3 is 0 Å². The van der Waals surface area contributed by atoms with E-state index in [4.69, 9.17) is 9.72 Å². The topological polar surface area (TPSA) is 182 Å². The number of hydrogen-bond donors (Lipinski definition) is 2. The number of aromatic nitrogens is 3. The fourth-order valence-electron chi connectivity index (χ4n) is 5.35. The third-order valence-corrected chi connectivity index (χ3v) is 9.36. The molecule has 1 aliphatic rings. The predicted octanol–water partition coefficient (Wildman–Crippen LogP) is 3.48. The van der Waals surface area contributed by atoms with Crippen molar-refractivity contribution >= 4 is 27.3 Å². The van der Waals surface area contributed by atoms with E-state index >= 15 is 0 Å². The van der Waals surface area contributed by atoms with Crippen molar-refractivity contribution in [3.8, 4) is 17.1 Å². The van der Waals surface area contributed by atoms with Crippen molar-refractivity contribution in [2.75, 3.05) is 26.3 Å². The maximum atomic E-state index is 13.7. The van der Waals surface area contributed by atoms with Crippen LogP contribution >= 0.6 is 0 Å². The number of fused-ring (bicyclic) bond motifs is 1. The molecule has 1 fully saturated rings. The Morgan fingerprint density at radius 3 is 2.62 bits per heavy atom. The van der Waals surface area contributed by atoms with Crippen LogP contribution in [0.4, 0.5) is 0 Å². The van der Waals surface area contributed by atoms with Gasteiger partial charge in [0, 0.05) is 25.7 Å². The van der Waals surface area contributed by atoms with Gasteiger partial charge in [-0.1, -0.05) is 25.4 Å². The lowest BCUT2D eigenvalue weighted by molar-refractivity contribution is -0.758. The monoisotopic (exact) mass is 604 g/mol. The molecule has 0 unspecified atom stereocenters. The summed E-state index contributed by atoms with van der Waals surface area (Å²) >= 11 is 0. The Kier molecular flexibility index (Phi) is 9.83. The molecule has 1 saturated heterocycles. The number of rotatable bonds is 13. The largest absolute Gasteiger partial charge is 0.493 e. The molecule has 1 aromatic carbocycles. The molecule has 0 saturated carbocycles. The molecule has 228 valence electrons. The Labute approximate surface area is 243 Å². The molecule has 3 heterocycles. The van der Waals surface area contributed by atoms with Gasteiger partial charge in [0.2, 0.25) is 10.0 Å². The average Bonchev–Trinajstić information content (AvgIpc) is 3.23. The molecular formula is C27H36N6O8S. The van der Waals surface area contributed by atoms with E-state index in [1.165, 1.54) is 22.7 Å². The zero-order chi connectivity index (χ0) is 30.4. The summed E-state index contributed by atoms with van der Waals surface area (Å²) in [6.07, 6.45) is 4.92. The van der Waals surface area contributed by atoms with E-state index in [1.54, 1.807) is 17.7 Å². The molecule has 3 aromatic rings. The molecule has 0 radical (unpaired) electrons. The van der Waals surface area contributed by atoms with Crippen molar-refractivity contribution in [2.24, 2.45) is 18.1 Å². The Hall–Kier alpha value is -3.98. The van der Waals surface area contributed by atoms with Gasteiger partial charge in [0.15, 0.2) is 0 Å². The number of sulfonamides is 1. The molecule has 0 spiro atoms. The van der Waals surface area contributed by atoms with E-state index in [2.05, 4.69) is 15.0 Å². The molecule has 0 atom stereocenters. The zero-order valence-corrected chi connectivity index (χ0v) is 24.7. The van der Waals surface area contributed by atoms with E-state index in [0.717, 1.165) is 12.0 Å². The van der Waals surface area contributed by atoms with Gasteiger partial charge in [0.05, 0.1) is 35.6 Å². The summed E-state index contributed by atoms with van der Waals surface area (Å²) in [4.78, 5) is 35.8. The fourth-order valence-corrected chi connectivity index (χ4v) is 6.85. The number of H-pyrrole nitrogens is 1. The second kappa shape index (κ2) is 13.3. The molecule has 4 rings (SSSR count). The number of piperidine rings is 1. The molecule has 15 heteroatoms. The third-order valence-electron chi connectivity index (χ3n) is 7.47. The summed E-state index contributed by atoms with van der Waals surface area (Å²) in [6.45, 7) is 4.84. The first-order valence-electron chi connectivity index (χ1n) is 14.0. The van der Waals surface area contributed by atoms with Gasteiger partial charge in [-0.3, -0.25) is 4.79 Å². The number of oxime groups is 1. The second-order valence-electron chi connectivity index (χ2n) is 10.2. The molecule has 14 nitrogen and oxygen atoms in total. The Bertz CT molecular complexity index is 1620. The first-order valence-corrected chi connectivity index (χ1v) is 15.4. The number of hydrogen-bond acceptors (Lipinski definition) is 10. The number of aromatic amines is 1. The van der Waals surface area contributed by atoms with E-state index in [9.17, 15) is 28.5 Å². The SMILES string of the molecule is CCCOc1ccc(S(=O)(=O)N2CCC(CCO[N+](=O)[O-])CC2)cc1-c1nc2c(CCC)c(/C=N\O)n(C)c2c(=O)[nH]1. The Morgan fingerprint density at radius 2 is 1.98 bits per heavy atom. The first kappa shape index (κ1) is 31.0. The summed E-state index contributed by atoms with van der Waals surface area (Å²) in [5, 5.41) is 22.0. The molecule has 1 aliphatic heterocycles. The van der Waals surface area contributed by atoms with Gasteiger partial charge in [-0.25, -0.2) is 13.4 Å². The maximum absolute atomic E-state index is 13.7. The minimum Gasteiger partial charge on any atom is -0.493 e. The summed E-state index contributed by atoms with van der Waals surface area (Å²) < 4.78 is 36.3. The van der Waals surface area contributed by atoms with Crippen LogP contribution in [0.15, 0.2) is 33.0 Å².